The summed E-state index contributed by atoms with van der Waals surface area (Å²) in [6.07, 6.45) is 2.50. The molecule has 1 aliphatic carbocycles. The van der Waals surface area contributed by atoms with Gasteiger partial charge in [0.1, 0.15) is 18.1 Å². The summed E-state index contributed by atoms with van der Waals surface area (Å²) in [5.41, 5.74) is 1.04. The molecule has 0 spiro atoms. The second-order valence-electron chi connectivity index (χ2n) is 9.04. The van der Waals surface area contributed by atoms with Gasteiger partial charge in [-0.1, -0.05) is 50.0 Å². The van der Waals surface area contributed by atoms with Crippen LogP contribution in [0.15, 0.2) is 77.4 Å². The van der Waals surface area contributed by atoms with Crippen molar-refractivity contribution >= 4 is 37.3 Å². The van der Waals surface area contributed by atoms with Gasteiger partial charge in [-0.2, -0.15) is 0 Å². The third-order valence-electron chi connectivity index (χ3n) is 4.87. The molecule has 0 saturated carbocycles. The van der Waals surface area contributed by atoms with Crippen LogP contribution in [0.3, 0.4) is 0 Å². The van der Waals surface area contributed by atoms with Gasteiger partial charge in [-0.25, -0.2) is 0 Å². The molecule has 1 aliphatic rings. The van der Waals surface area contributed by atoms with Crippen LogP contribution in [0.1, 0.15) is 5.56 Å². The van der Waals surface area contributed by atoms with E-state index in [1.54, 1.807) is 24.3 Å². The normalized spacial score (nSPS) is 13.7. The molecule has 8 heteroatoms. The van der Waals surface area contributed by atoms with Crippen molar-refractivity contribution in [2.45, 2.75) is 32.3 Å². The summed E-state index contributed by atoms with van der Waals surface area (Å²) in [5, 5.41) is 2.48. The lowest BCUT2D eigenvalue weighted by Gasteiger charge is -2.17. The van der Waals surface area contributed by atoms with Crippen LogP contribution in [-0.4, -0.2) is 37.9 Å². The monoisotopic (exact) mass is 495 g/mol. The van der Waals surface area contributed by atoms with Crippen molar-refractivity contribution < 1.29 is 23.9 Å². The number of thioether (sulfide) groups is 1. The van der Waals surface area contributed by atoms with E-state index in [9.17, 15) is 14.4 Å². The predicted octanol–water partition coefficient (Wildman–Crippen LogP) is 4.75. The Balaban J connectivity index is 1.43. The largest absolute Gasteiger partial charge is 0.489 e. The highest BCUT2D eigenvalue weighted by atomic mass is 32.2. The van der Waals surface area contributed by atoms with Gasteiger partial charge in [-0.3, -0.25) is 14.4 Å². The Labute approximate surface area is 205 Å². The zero-order valence-corrected chi connectivity index (χ0v) is 21.4. The van der Waals surface area contributed by atoms with Gasteiger partial charge < -0.3 is 14.8 Å². The van der Waals surface area contributed by atoms with E-state index in [0.717, 1.165) is 17.4 Å². The van der Waals surface area contributed by atoms with Crippen LogP contribution in [0.2, 0.25) is 25.7 Å². The standard InChI is InChI=1S/C26H29NO5SSi/c1-34(2,3)14-13-33-25-16-23(28)22(15-24(25)29)27-26(30)18-32-21-11-9-20(10-12-21)31-17-19-7-5-4-6-8-19/h4-12,15-16H,13-14,17-18H2,1-3H3,(H,27,30). The Morgan fingerprint density at radius 2 is 1.53 bits per heavy atom. The van der Waals surface area contributed by atoms with Gasteiger partial charge >= 0.3 is 0 Å². The van der Waals surface area contributed by atoms with E-state index < -0.39 is 14.0 Å². The fourth-order valence-electron chi connectivity index (χ4n) is 2.93. The van der Waals surface area contributed by atoms with Crippen LogP contribution >= 0.6 is 11.8 Å². The molecule has 2 aromatic rings. The maximum atomic E-state index is 12.4. The van der Waals surface area contributed by atoms with Crippen molar-refractivity contribution in [3.63, 3.8) is 0 Å². The second kappa shape index (κ2) is 11.9. The van der Waals surface area contributed by atoms with Crippen LogP contribution < -0.4 is 14.8 Å². The number of allylic oxidation sites excluding steroid dienone is 3. The minimum Gasteiger partial charge on any atom is -0.489 e. The highest BCUT2D eigenvalue weighted by molar-refractivity contribution is 8.04. The first-order chi connectivity index (χ1) is 16.2. The van der Waals surface area contributed by atoms with Gasteiger partial charge in [0.05, 0.1) is 10.6 Å². The summed E-state index contributed by atoms with van der Waals surface area (Å²) < 4.78 is 11.2. The summed E-state index contributed by atoms with van der Waals surface area (Å²) in [7, 11) is -1.21. The first-order valence-corrected chi connectivity index (χ1v) is 15.7. The Morgan fingerprint density at radius 3 is 2.18 bits per heavy atom. The number of carbonyl (C=O) groups is 3. The molecule has 34 heavy (non-hydrogen) atoms. The lowest BCUT2D eigenvalue weighted by atomic mass is 10.1. The fourth-order valence-corrected chi connectivity index (χ4v) is 6.40. The zero-order valence-electron chi connectivity index (χ0n) is 19.6. The van der Waals surface area contributed by atoms with Gasteiger partial charge in [0.25, 0.3) is 5.91 Å². The Kier molecular flexibility index (Phi) is 8.89. The van der Waals surface area contributed by atoms with Gasteiger partial charge in [0.2, 0.25) is 5.78 Å². The smallest absolute Gasteiger partial charge is 0.262 e. The molecule has 0 aromatic heterocycles. The van der Waals surface area contributed by atoms with E-state index in [1.165, 1.54) is 23.9 Å². The topological polar surface area (TPSA) is 81.7 Å². The summed E-state index contributed by atoms with van der Waals surface area (Å²) in [6, 6.07) is 17.8. The van der Waals surface area contributed by atoms with E-state index in [2.05, 4.69) is 25.0 Å². The third kappa shape index (κ3) is 8.35. The van der Waals surface area contributed by atoms with E-state index in [1.807, 2.05) is 30.3 Å². The first-order valence-electron chi connectivity index (χ1n) is 11.0. The van der Waals surface area contributed by atoms with Crippen LogP contribution in [-0.2, 0) is 21.0 Å². The van der Waals surface area contributed by atoms with Gasteiger partial charge in [0, 0.05) is 20.2 Å². The molecule has 0 aliphatic heterocycles. The number of nitrogens with one attached hydrogen (secondary N) is 1. The lowest BCUT2D eigenvalue weighted by Crippen LogP contribution is -2.33. The number of ether oxygens (including phenoxy) is 2. The number of benzene rings is 2. The van der Waals surface area contributed by atoms with Crippen molar-refractivity contribution in [3.05, 3.63) is 82.9 Å². The molecule has 6 nitrogen and oxygen atoms in total. The molecule has 0 radical (unpaired) electrons. The van der Waals surface area contributed by atoms with Crippen molar-refractivity contribution in [1.29, 1.82) is 0 Å². The molecule has 178 valence electrons. The molecule has 0 bridgehead atoms. The van der Waals surface area contributed by atoms with Crippen LogP contribution in [0, 0.1) is 0 Å². The minimum atomic E-state index is -1.21. The molecule has 1 N–H and O–H groups in total. The van der Waals surface area contributed by atoms with Crippen molar-refractivity contribution in [1.82, 2.24) is 5.32 Å². The minimum absolute atomic E-state index is 0.0298. The highest BCUT2D eigenvalue weighted by Crippen LogP contribution is 2.25. The summed E-state index contributed by atoms with van der Waals surface area (Å²) in [6.45, 7) is 6.96. The van der Waals surface area contributed by atoms with Crippen LogP contribution in [0.4, 0.5) is 0 Å². The number of amides is 1. The Hall–Kier alpha value is -3.10. The Bertz CT molecular complexity index is 1090. The molecule has 0 heterocycles. The van der Waals surface area contributed by atoms with E-state index in [-0.39, 0.29) is 23.9 Å². The maximum absolute atomic E-state index is 12.4. The van der Waals surface area contributed by atoms with Crippen LogP contribution in [0.25, 0.3) is 0 Å². The predicted molar refractivity (Wildman–Crippen MR) is 138 cm³/mol. The average Bonchev–Trinajstić information content (AvgIpc) is 2.80. The van der Waals surface area contributed by atoms with E-state index in [0.29, 0.717) is 23.0 Å². The molecule has 0 unspecified atom stereocenters. The fraction of sp³-hybridized carbons (Fsp3) is 0.269. The molecule has 0 atom stereocenters. The van der Waals surface area contributed by atoms with Crippen LogP contribution in [0.5, 0.6) is 11.5 Å². The summed E-state index contributed by atoms with van der Waals surface area (Å²) in [5.74, 6) is 0.816. The molecule has 3 rings (SSSR count). The van der Waals surface area contributed by atoms with E-state index in [4.69, 9.17) is 9.47 Å². The van der Waals surface area contributed by atoms with Crippen molar-refractivity contribution in [2.24, 2.45) is 0 Å². The number of ketones is 2. The lowest BCUT2D eigenvalue weighted by molar-refractivity contribution is -0.124. The van der Waals surface area contributed by atoms with Crippen molar-refractivity contribution in [3.8, 4) is 11.5 Å². The first kappa shape index (κ1) is 25.5. The summed E-state index contributed by atoms with van der Waals surface area (Å²) >= 11 is 1.40. The summed E-state index contributed by atoms with van der Waals surface area (Å²) in [4.78, 5) is 37.4. The van der Waals surface area contributed by atoms with Gasteiger partial charge in [-0.15, -0.1) is 11.8 Å². The highest BCUT2D eigenvalue weighted by Gasteiger charge is 2.23. The third-order valence-corrected chi connectivity index (χ3v) is 8.02. The average molecular weight is 496 g/mol. The quantitative estimate of drug-likeness (QED) is 0.358. The molecule has 0 saturated heterocycles. The number of hydrogen-bond donors (Lipinski definition) is 1. The van der Waals surface area contributed by atoms with Crippen molar-refractivity contribution in [2.75, 3.05) is 12.4 Å². The van der Waals surface area contributed by atoms with Gasteiger partial charge in [-0.05, 0) is 41.6 Å². The molecule has 0 fully saturated rings. The number of hydrogen-bond acceptors (Lipinski definition) is 6. The second-order valence-corrected chi connectivity index (χ2v) is 15.8. The molecule has 2 aromatic carbocycles. The maximum Gasteiger partial charge on any atom is 0.262 e. The van der Waals surface area contributed by atoms with Gasteiger partial charge in [0.15, 0.2) is 12.4 Å². The molecule has 1 amide bonds. The van der Waals surface area contributed by atoms with E-state index >= 15 is 0 Å². The number of carbonyl (C=O) groups excluding carboxylic acids is 3. The Morgan fingerprint density at radius 1 is 0.882 bits per heavy atom. The SMILES string of the molecule is C[Si](C)(C)CCSC1=CC(=O)C(NC(=O)COc2ccc(OCc3ccccc3)cc2)=CC1=O. The molecular formula is C26H29NO5SSi. The zero-order chi connectivity index (χ0) is 24.6. The number of rotatable bonds is 11. The molecular weight excluding hydrogens is 466 g/mol.